The fraction of sp³-hybridized carbons (Fsp3) is 0.652. The summed E-state index contributed by atoms with van der Waals surface area (Å²) in [4.78, 5) is 0. The molecule has 0 amide bonds. The highest BCUT2D eigenvalue weighted by molar-refractivity contribution is 6.74. The minimum atomic E-state index is -1.82. The molecular weight excluding hydrogens is 352 g/mol. The summed E-state index contributed by atoms with van der Waals surface area (Å²) in [7, 11) is -1.82. The van der Waals surface area contributed by atoms with Crippen LogP contribution in [0.1, 0.15) is 52.5 Å². The van der Waals surface area contributed by atoms with Gasteiger partial charge in [0.2, 0.25) is 0 Å². The molecule has 3 nitrogen and oxygen atoms in total. The number of benzene rings is 1. The SMILES string of the molecule is CC/C=C\C[C@H]1O[C@@H](COCc2ccccc2)C[C@H]1O[Si](C)(C)C(C)(C)C. The van der Waals surface area contributed by atoms with Crippen LogP contribution in [0.15, 0.2) is 42.5 Å². The number of ether oxygens (including phenoxy) is 2. The Morgan fingerprint density at radius 3 is 2.48 bits per heavy atom. The van der Waals surface area contributed by atoms with Gasteiger partial charge in [-0.3, -0.25) is 0 Å². The third kappa shape index (κ3) is 6.86. The minimum absolute atomic E-state index is 0.114. The minimum Gasteiger partial charge on any atom is -0.411 e. The standard InChI is InChI=1S/C23H38O3Si/c1-7-8-10-15-21-22(26-27(5,6)23(2,3)4)16-20(25-21)18-24-17-19-13-11-9-12-14-19/h8-14,20-22H,7,15-18H2,1-6H3/b10-8-/t20-,21-,22-/m1/s1. The Hall–Kier alpha value is -0.943. The first-order valence-corrected chi connectivity index (χ1v) is 13.2. The summed E-state index contributed by atoms with van der Waals surface area (Å²) >= 11 is 0. The van der Waals surface area contributed by atoms with Gasteiger partial charge in [-0.15, -0.1) is 0 Å². The summed E-state index contributed by atoms with van der Waals surface area (Å²) in [5.74, 6) is 0. The molecule has 0 radical (unpaired) electrons. The molecule has 1 aromatic carbocycles. The van der Waals surface area contributed by atoms with E-state index in [1.54, 1.807) is 0 Å². The zero-order chi connectivity index (χ0) is 19.9. The van der Waals surface area contributed by atoms with E-state index in [-0.39, 0.29) is 23.4 Å². The number of hydrogen-bond acceptors (Lipinski definition) is 3. The van der Waals surface area contributed by atoms with Crippen molar-refractivity contribution >= 4 is 8.32 Å². The van der Waals surface area contributed by atoms with Gasteiger partial charge < -0.3 is 13.9 Å². The van der Waals surface area contributed by atoms with Crippen molar-refractivity contribution in [3.05, 3.63) is 48.0 Å². The van der Waals surface area contributed by atoms with Gasteiger partial charge in [0.05, 0.1) is 31.5 Å². The van der Waals surface area contributed by atoms with Gasteiger partial charge in [0.25, 0.3) is 0 Å². The summed E-state index contributed by atoms with van der Waals surface area (Å²) in [5, 5.41) is 0.207. The molecule has 0 saturated carbocycles. The average molecular weight is 391 g/mol. The van der Waals surface area contributed by atoms with Gasteiger partial charge in [-0.1, -0.05) is 70.2 Å². The van der Waals surface area contributed by atoms with Crippen molar-refractivity contribution < 1.29 is 13.9 Å². The first-order valence-electron chi connectivity index (χ1n) is 10.3. The highest BCUT2D eigenvalue weighted by Gasteiger charge is 2.44. The van der Waals surface area contributed by atoms with Crippen LogP contribution in [0, 0.1) is 0 Å². The lowest BCUT2D eigenvalue weighted by Gasteiger charge is -2.39. The second kappa shape index (κ2) is 10.0. The maximum absolute atomic E-state index is 6.73. The molecule has 0 aliphatic carbocycles. The van der Waals surface area contributed by atoms with Gasteiger partial charge in [-0.25, -0.2) is 0 Å². The Labute approximate surface area is 167 Å². The van der Waals surface area contributed by atoms with Crippen molar-refractivity contribution in [2.45, 2.75) is 90.0 Å². The highest BCUT2D eigenvalue weighted by Crippen LogP contribution is 2.40. The molecule has 0 aromatic heterocycles. The molecule has 1 aliphatic rings. The fourth-order valence-electron chi connectivity index (χ4n) is 3.07. The van der Waals surface area contributed by atoms with Gasteiger partial charge in [-0.2, -0.15) is 0 Å². The number of hydrogen-bond donors (Lipinski definition) is 0. The first kappa shape index (κ1) is 22.3. The van der Waals surface area contributed by atoms with Gasteiger partial charge in [0.15, 0.2) is 8.32 Å². The molecule has 1 aliphatic heterocycles. The molecule has 1 fully saturated rings. The number of allylic oxidation sites excluding steroid dienone is 1. The van der Waals surface area contributed by atoms with E-state index >= 15 is 0 Å². The Morgan fingerprint density at radius 1 is 1.15 bits per heavy atom. The van der Waals surface area contributed by atoms with Crippen LogP contribution < -0.4 is 0 Å². The molecule has 152 valence electrons. The summed E-state index contributed by atoms with van der Waals surface area (Å²) < 4.78 is 19.0. The van der Waals surface area contributed by atoms with Gasteiger partial charge in [0, 0.05) is 6.42 Å². The molecule has 1 saturated heterocycles. The quantitative estimate of drug-likeness (QED) is 0.376. The largest absolute Gasteiger partial charge is 0.411 e. The summed E-state index contributed by atoms with van der Waals surface area (Å²) in [6.45, 7) is 15.0. The monoisotopic (exact) mass is 390 g/mol. The average Bonchev–Trinajstić information content (AvgIpc) is 2.96. The van der Waals surface area contributed by atoms with E-state index in [9.17, 15) is 0 Å². The maximum atomic E-state index is 6.73. The second-order valence-corrected chi connectivity index (χ2v) is 13.8. The lowest BCUT2D eigenvalue weighted by atomic mass is 10.1. The van der Waals surface area contributed by atoms with Crippen molar-refractivity contribution in [2.24, 2.45) is 0 Å². The van der Waals surface area contributed by atoms with Crippen molar-refractivity contribution in [1.29, 1.82) is 0 Å². The van der Waals surface area contributed by atoms with Crippen molar-refractivity contribution in [1.82, 2.24) is 0 Å². The van der Waals surface area contributed by atoms with Crippen LogP contribution in [0.4, 0.5) is 0 Å². The molecule has 4 heteroatoms. The molecule has 0 N–H and O–H groups in total. The summed E-state index contributed by atoms with van der Waals surface area (Å²) in [6, 6.07) is 10.3. The lowest BCUT2D eigenvalue weighted by Crippen LogP contribution is -2.45. The van der Waals surface area contributed by atoms with Crippen LogP contribution in [0.2, 0.25) is 18.1 Å². The zero-order valence-corrected chi connectivity index (χ0v) is 19.0. The van der Waals surface area contributed by atoms with Gasteiger partial charge in [0.1, 0.15) is 0 Å². The maximum Gasteiger partial charge on any atom is 0.192 e. The summed E-state index contributed by atoms with van der Waals surface area (Å²) in [6.07, 6.45) is 7.76. The molecule has 27 heavy (non-hydrogen) atoms. The third-order valence-corrected chi connectivity index (χ3v) is 10.2. The third-order valence-electron chi connectivity index (χ3n) is 5.72. The van der Waals surface area contributed by atoms with Crippen LogP contribution in [-0.4, -0.2) is 33.2 Å². The van der Waals surface area contributed by atoms with Gasteiger partial charge in [-0.05, 0) is 36.5 Å². The van der Waals surface area contributed by atoms with E-state index in [0.717, 1.165) is 19.3 Å². The summed E-state index contributed by atoms with van der Waals surface area (Å²) in [5.41, 5.74) is 1.20. The van der Waals surface area contributed by atoms with E-state index in [1.165, 1.54) is 5.56 Å². The Kier molecular flexibility index (Phi) is 8.29. The Balaban J connectivity index is 1.93. The fourth-order valence-corrected chi connectivity index (χ4v) is 4.43. The van der Waals surface area contributed by atoms with E-state index in [4.69, 9.17) is 13.9 Å². The van der Waals surface area contributed by atoms with Crippen LogP contribution in [0.25, 0.3) is 0 Å². The van der Waals surface area contributed by atoms with Crippen LogP contribution >= 0.6 is 0 Å². The van der Waals surface area contributed by atoms with Crippen LogP contribution in [0.3, 0.4) is 0 Å². The van der Waals surface area contributed by atoms with Gasteiger partial charge >= 0.3 is 0 Å². The predicted molar refractivity (Wildman–Crippen MR) is 115 cm³/mol. The molecule has 2 rings (SSSR count). The molecule has 1 aromatic rings. The first-order chi connectivity index (χ1) is 12.7. The van der Waals surface area contributed by atoms with Crippen LogP contribution in [0.5, 0.6) is 0 Å². The second-order valence-electron chi connectivity index (χ2n) is 9.06. The lowest BCUT2D eigenvalue weighted by molar-refractivity contribution is -0.0284. The molecule has 0 bridgehead atoms. The van der Waals surface area contributed by atoms with E-state index < -0.39 is 8.32 Å². The van der Waals surface area contributed by atoms with E-state index in [2.05, 4.69) is 65.1 Å². The van der Waals surface area contributed by atoms with E-state index in [0.29, 0.717) is 13.2 Å². The normalized spacial score (nSPS) is 24.0. The smallest absolute Gasteiger partial charge is 0.192 e. The van der Waals surface area contributed by atoms with Crippen molar-refractivity contribution in [3.63, 3.8) is 0 Å². The Bertz CT molecular complexity index is 577. The van der Waals surface area contributed by atoms with E-state index in [1.807, 2.05) is 18.2 Å². The molecule has 1 heterocycles. The van der Waals surface area contributed by atoms with Crippen molar-refractivity contribution in [3.8, 4) is 0 Å². The highest BCUT2D eigenvalue weighted by atomic mass is 28.4. The predicted octanol–water partition coefficient (Wildman–Crippen LogP) is 6.11. The Morgan fingerprint density at radius 2 is 1.85 bits per heavy atom. The topological polar surface area (TPSA) is 27.7 Å². The molecule has 0 unspecified atom stereocenters. The molecule has 3 atom stereocenters. The number of rotatable bonds is 9. The van der Waals surface area contributed by atoms with Crippen LogP contribution in [-0.2, 0) is 20.5 Å². The molecular formula is C23H38O3Si. The zero-order valence-electron chi connectivity index (χ0n) is 18.0. The molecule has 0 spiro atoms. The van der Waals surface area contributed by atoms with Crippen molar-refractivity contribution in [2.75, 3.05) is 6.61 Å².